The fourth-order valence-corrected chi connectivity index (χ4v) is 2.25. The number of methoxy groups -OCH3 is 2. The number of hydrogen-bond acceptors (Lipinski definition) is 5. The number of rotatable bonds is 14. The van der Waals surface area contributed by atoms with E-state index in [2.05, 4.69) is 10.2 Å². The van der Waals surface area contributed by atoms with E-state index in [9.17, 15) is 9.90 Å². The van der Waals surface area contributed by atoms with E-state index in [1.165, 1.54) is 0 Å². The van der Waals surface area contributed by atoms with Gasteiger partial charge in [0.1, 0.15) is 5.54 Å². The van der Waals surface area contributed by atoms with Crippen LogP contribution in [-0.2, 0) is 14.3 Å². The summed E-state index contributed by atoms with van der Waals surface area (Å²) in [4.78, 5) is 13.6. The van der Waals surface area contributed by atoms with Gasteiger partial charge in [-0.05, 0) is 39.3 Å². The second kappa shape index (κ2) is 11.9. The zero-order valence-corrected chi connectivity index (χ0v) is 14.0. The van der Waals surface area contributed by atoms with Crippen molar-refractivity contribution in [3.8, 4) is 0 Å². The fraction of sp³-hybridized carbons (Fsp3) is 0.933. The minimum Gasteiger partial charge on any atom is -0.480 e. The van der Waals surface area contributed by atoms with Gasteiger partial charge >= 0.3 is 5.97 Å². The highest BCUT2D eigenvalue weighted by molar-refractivity contribution is 5.78. The van der Waals surface area contributed by atoms with Gasteiger partial charge in [0.05, 0.1) is 13.2 Å². The lowest BCUT2D eigenvalue weighted by molar-refractivity contribution is -0.144. The van der Waals surface area contributed by atoms with Crippen LogP contribution in [0.25, 0.3) is 0 Å². The molecule has 0 radical (unpaired) electrons. The number of carboxylic acid groups (broad SMARTS) is 1. The van der Waals surface area contributed by atoms with E-state index < -0.39 is 11.5 Å². The Morgan fingerprint density at radius 1 is 1.14 bits per heavy atom. The number of hydrogen-bond donors (Lipinski definition) is 2. The molecule has 0 fully saturated rings. The molecule has 0 amide bonds. The molecule has 6 heteroatoms. The first-order valence-electron chi connectivity index (χ1n) is 7.68. The Hall–Kier alpha value is -0.690. The summed E-state index contributed by atoms with van der Waals surface area (Å²) in [7, 11) is 3.40. The van der Waals surface area contributed by atoms with E-state index in [0.29, 0.717) is 26.2 Å². The van der Waals surface area contributed by atoms with Crippen molar-refractivity contribution < 1.29 is 19.4 Å². The molecule has 0 rings (SSSR count). The normalized spacial score (nSPS) is 14.3. The van der Waals surface area contributed by atoms with E-state index in [1.54, 1.807) is 21.1 Å². The number of carboxylic acids is 1. The quantitative estimate of drug-likeness (QED) is 0.470. The molecule has 0 saturated heterocycles. The second-order valence-corrected chi connectivity index (χ2v) is 5.45. The average Bonchev–Trinajstić information content (AvgIpc) is 2.45. The molecular weight excluding hydrogens is 272 g/mol. The summed E-state index contributed by atoms with van der Waals surface area (Å²) in [5.41, 5.74) is -0.821. The van der Waals surface area contributed by atoms with E-state index in [4.69, 9.17) is 9.47 Å². The number of nitrogens with one attached hydrogen (secondary N) is 1. The van der Waals surface area contributed by atoms with Crippen LogP contribution in [0.3, 0.4) is 0 Å². The van der Waals surface area contributed by atoms with E-state index in [0.717, 1.165) is 32.5 Å². The molecule has 0 spiro atoms. The van der Waals surface area contributed by atoms with Gasteiger partial charge in [-0.3, -0.25) is 9.69 Å². The minimum absolute atomic E-state index is 0.637. The van der Waals surface area contributed by atoms with Gasteiger partial charge in [0.25, 0.3) is 0 Å². The Balaban J connectivity index is 4.08. The first kappa shape index (κ1) is 20.3. The topological polar surface area (TPSA) is 71.0 Å². The van der Waals surface area contributed by atoms with Crippen molar-refractivity contribution in [2.75, 3.05) is 53.6 Å². The summed E-state index contributed by atoms with van der Waals surface area (Å²) in [5.74, 6) is -0.778. The van der Waals surface area contributed by atoms with Gasteiger partial charge < -0.3 is 19.9 Å². The predicted octanol–water partition coefficient (Wildman–Crippen LogP) is 1.20. The molecule has 0 aliphatic rings. The Bertz CT molecular complexity index is 268. The maximum atomic E-state index is 11.3. The van der Waals surface area contributed by atoms with E-state index >= 15 is 0 Å². The van der Waals surface area contributed by atoms with Crippen LogP contribution in [0.2, 0.25) is 0 Å². The van der Waals surface area contributed by atoms with Crippen molar-refractivity contribution in [3.05, 3.63) is 0 Å². The molecular formula is C15H32N2O4. The Labute approximate surface area is 128 Å². The monoisotopic (exact) mass is 304 g/mol. The van der Waals surface area contributed by atoms with Gasteiger partial charge in [0, 0.05) is 27.3 Å². The van der Waals surface area contributed by atoms with Gasteiger partial charge in [-0.2, -0.15) is 0 Å². The molecule has 0 aromatic heterocycles. The van der Waals surface area contributed by atoms with Crippen molar-refractivity contribution >= 4 is 5.97 Å². The Morgan fingerprint density at radius 3 is 2.14 bits per heavy atom. The summed E-state index contributed by atoms with van der Waals surface area (Å²) in [5, 5.41) is 12.4. The second-order valence-electron chi connectivity index (χ2n) is 5.45. The molecule has 1 atom stereocenters. The number of aliphatic carboxylic acids is 1. The third-order valence-electron chi connectivity index (χ3n) is 3.66. The van der Waals surface area contributed by atoms with Gasteiger partial charge in [0.2, 0.25) is 0 Å². The number of likely N-dealkylation sites (N-methyl/N-ethyl adjacent to an activating group) is 1. The highest BCUT2D eigenvalue weighted by Gasteiger charge is 2.31. The van der Waals surface area contributed by atoms with Crippen LogP contribution in [0.5, 0.6) is 0 Å². The summed E-state index contributed by atoms with van der Waals surface area (Å²) in [6.07, 6.45) is 2.49. The van der Waals surface area contributed by atoms with Crippen LogP contribution >= 0.6 is 0 Å². The SMILES string of the molecule is CCNC(C)(CCCCN(CCOC)CCOC)C(=O)O. The average molecular weight is 304 g/mol. The number of nitrogens with zero attached hydrogens (tertiary/aromatic N) is 1. The molecule has 0 aliphatic carbocycles. The number of ether oxygens (including phenoxy) is 2. The van der Waals surface area contributed by atoms with E-state index in [1.807, 2.05) is 6.92 Å². The van der Waals surface area contributed by atoms with Crippen molar-refractivity contribution in [2.24, 2.45) is 0 Å². The minimum atomic E-state index is -0.821. The largest absolute Gasteiger partial charge is 0.480 e. The molecule has 0 aromatic carbocycles. The van der Waals surface area contributed by atoms with Gasteiger partial charge in [-0.1, -0.05) is 6.92 Å². The standard InChI is InChI=1S/C15H32N2O4/c1-5-16-15(2,14(18)19)8-6-7-9-17(10-12-20-3)11-13-21-4/h16H,5-13H2,1-4H3,(H,18,19). The maximum Gasteiger partial charge on any atom is 0.323 e. The molecule has 0 aliphatic heterocycles. The van der Waals surface area contributed by atoms with Gasteiger partial charge in [-0.25, -0.2) is 0 Å². The van der Waals surface area contributed by atoms with Crippen molar-refractivity contribution in [1.29, 1.82) is 0 Å². The zero-order valence-electron chi connectivity index (χ0n) is 14.0. The van der Waals surface area contributed by atoms with E-state index in [-0.39, 0.29) is 0 Å². The molecule has 0 heterocycles. The lowest BCUT2D eigenvalue weighted by Gasteiger charge is -2.26. The Morgan fingerprint density at radius 2 is 1.71 bits per heavy atom. The lowest BCUT2D eigenvalue weighted by Crippen LogP contribution is -2.49. The lowest BCUT2D eigenvalue weighted by atomic mass is 9.95. The molecule has 6 nitrogen and oxygen atoms in total. The third-order valence-corrected chi connectivity index (χ3v) is 3.66. The molecule has 2 N–H and O–H groups in total. The van der Waals surface area contributed by atoms with Crippen LogP contribution in [0, 0.1) is 0 Å². The molecule has 21 heavy (non-hydrogen) atoms. The number of carbonyl (C=O) groups is 1. The van der Waals surface area contributed by atoms with Gasteiger partial charge in [-0.15, -0.1) is 0 Å². The summed E-state index contributed by atoms with van der Waals surface area (Å²) < 4.78 is 10.2. The van der Waals surface area contributed by atoms with Crippen LogP contribution in [0.4, 0.5) is 0 Å². The fourth-order valence-electron chi connectivity index (χ4n) is 2.25. The molecule has 126 valence electrons. The molecule has 0 saturated carbocycles. The number of unbranched alkanes of at least 4 members (excludes halogenated alkanes) is 1. The summed E-state index contributed by atoms with van der Waals surface area (Å²) >= 11 is 0. The highest BCUT2D eigenvalue weighted by atomic mass is 16.5. The van der Waals surface area contributed by atoms with Crippen molar-refractivity contribution in [3.63, 3.8) is 0 Å². The smallest absolute Gasteiger partial charge is 0.323 e. The Kier molecular flexibility index (Phi) is 11.5. The predicted molar refractivity (Wildman–Crippen MR) is 83.8 cm³/mol. The van der Waals surface area contributed by atoms with Crippen LogP contribution < -0.4 is 5.32 Å². The summed E-state index contributed by atoms with van der Waals surface area (Å²) in [6, 6.07) is 0. The maximum absolute atomic E-state index is 11.3. The molecule has 0 bridgehead atoms. The van der Waals surface area contributed by atoms with Crippen LogP contribution in [0.15, 0.2) is 0 Å². The van der Waals surface area contributed by atoms with Crippen LogP contribution in [-0.4, -0.2) is 75.1 Å². The first-order valence-corrected chi connectivity index (χ1v) is 7.68. The zero-order chi connectivity index (χ0) is 16.1. The van der Waals surface area contributed by atoms with Crippen LogP contribution in [0.1, 0.15) is 33.1 Å². The van der Waals surface area contributed by atoms with Crippen molar-refractivity contribution in [2.45, 2.75) is 38.6 Å². The molecule has 0 aromatic rings. The highest BCUT2D eigenvalue weighted by Crippen LogP contribution is 2.14. The first-order chi connectivity index (χ1) is 10.00. The van der Waals surface area contributed by atoms with Crippen molar-refractivity contribution in [1.82, 2.24) is 10.2 Å². The molecule has 1 unspecified atom stereocenters. The van der Waals surface area contributed by atoms with Gasteiger partial charge in [0.15, 0.2) is 0 Å². The third kappa shape index (κ3) is 9.03. The summed E-state index contributed by atoms with van der Waals surface area (Å²) in [6.45, 7) is 8.45.